The molecule has 0 spiro atoms. The third-order valence-electron chi connectivity index (χ3n) is 9.70. The van der Waals surface area contributed by atoms with Crippen LogP contribution in [0.3, 0.4) is 0 Å². The van der Waals surface area contributed by atoms with E-state index in [0.29, 0.717) is 0 Å². The smallest absolute Gasteiger partial charge is 0.0542 e. The predicted molar refractivity (Wildman–Crippen MR) is 196 cm³/mol. The van der Waals surface area contributed by atoms with Crippen LogP contribution in [-0.4, -0.2) is 9.13 Å². The molecule has 46 heavy (non-hydrogen) atoms. The van der Waals surface area contributed by atoms with Crippen LogP contribution in [0.25, 0.3) is 87.7 Å². The van der Waals surface area contributed by atoms with Gasteiger partial charge in [-0.05, 0) is 87.3 Å². The Morgan fingerprint density at radius 1 is 0.261 bits per heavy atom. The normalized spacial score (nSPS) is 11.9. The Kier molecular flexibility index (Phi) is 5.31. The first kappa shape index (κ1) is 25.2. The second-order valence-electron chi connectivity index (χ2n) is 12.2. The molecule has 0 aliphatic carbocycles. The second kappa shape index (κ2) is 9.69. The first-order valence-electron chi connectivity index (χ1n) is 15.9. The molecular formula is C44H28N2. The van der Waals surface area contributed by atoms with Gasteiger partial charge >= 0.3 is 0 Å². The van der Waals surface area contributed by atoms with E-state index in [1.807, 2.05) is 0 Å². The van der Waals surface area contributed by atoms with Crippen LogP contribution in [0, 0.1) is 0 Å². The molecule has 0 amide bonds. The number of para-hydroxylation sites is 3. The van der Waals surface area contributed by atoms with Crippen LogP contribution < -0.4 is 0 Å². The van der Waals surface area contributed by atoms with Crippen molar-refractivity contribution < 1.29 is 0 Å². The number of nitrogens with zero attached hydrogens (tertiary/aromatic N) is 2. The van der Waals surface area contributed by atoms with E-state index >= 15 is 0 Å². The van der Waals surface area contributed by atoms with Gasteiger partial charge in [0.2, 0.25) is 0 Å². The van der Waals surface area contributed by atoms with Crippen LogP contribution in [0.15, 0.2) is 170 Å². The summed E-state index contributed by atoms with van der Waals surface area (Å²) in [5.41, 5.74) is 9.64. The van der Waals surface area contributed by atoms with Crippen LogP contribution in [0.4, 0.5) is 0 Å². The van der Waals surface area contributed by atoms with E-state index in [1.54, 1.807) is 0 Å². The molecule has 2 heteroatoms. The lowest BCUT2D eigenvalue weighted by molar-refractivity contribution is 1.17. The highest BCUT2D eigenvalue weighted by molar-refractivity contribution is 6.12. The largest absolute Gasteiger partial charge is 0.309 e. The fourth-order valence-corrected chi connectivity index (χ4v) is 7.57. The fourth-order valence-electron chi connectivity index (χ4n) is 7.57. The quantitative estimate of drug-likeness (QED) is 0.183. The Labute approximate surface area is 266 Å². The van der Waals surface area contributed by atoms with Gasteiger partial charge in [-0.2, -0.15) is 0 Å². The van der Waals surface area contributed by atoms with E-state index in [-0.39, 0.29) is 0 Å². The lowest BCUT2D eigenvalue weighted by atomic mass is 9.97. The van der Waals surface area contributed by atoms with Crippen LogP contribution in [0.1, 0.15) is 0 Å². The monoisotopic (exact) mass is 584 g/mol. The molecule has 0 unspecified atom stereocenters. The van der Waals surface area contributed by atoms with Gasteiger partial charge in [0, 0.05) is 32.9 Å². The highest BCUT2D eigenvalue weighted by atomic mass is 15.0. The summed E-state index contributed by atoms with van der Waals surface area (Å²) in [7, 11) is 0. The van der Waals surface area contributed by atoms with Crippen molar-refractivity contribution >= 4 is 65.2 Å². The maximum Gasteiger partial charge on any atom is 0.0542 e. The minimum Gasteiger partial charge on any atom is -0.309 e. The molecule has 0 radical (unpaired) electrons. The van der Waals surface area contributed by atoms with Crippen molar-refractivity contribution in [3.8, 4) is 22.5 Å². The Bertz CT molecular complexity index is 2740. The Hall–Kier alpha value is -6.12. The fraction of sp³-hybridized carbons (Fsp3) is 0. The molecule has 10 aromatic rings. The molecular weight excluding hydrogens is 556 g/mol. The summed E-state index contributed by atoms with van der Waals surface area (Å²) < 4.78 is 4.80. The van der Waals surface area contributed by atoms with Crippen molar-refractivity contribution in [1.82, 2.24) is 9.13 Å². The zero-order chi connectivity index (χ0) is 30.2. The van der Waals surface area contributed by atoms with Crippen molar-refractivity contribution in [2.45, 2.75) is 0 Å². The zero-order valence-electron chi connectivity index (χ0n) is 25.1. The molecule has 214 valence electrons. The summed E-state index contributed by atoms with van der Waals surface area (Å²) in [5.74, 6) is 0. The molecule has 2 nitrogen and oxygen atoms in total. The van der Waals surface area contributed by atoms with Gasteiger partial charge < -0.3 is 9.13 Å². The Morgan fingerprint density at radius 3 is 1.43 bits per heavy atom. The Morgan fingerprint density at radius 2 is 0.739 bits per heavy atom. The maximum atomic E-state index is 2.40. The van der Waals surface area contributed by atoms with Crippen LogP contribution in [0.5, 0.6) is 0 Å². The zero-order valence-corrected chi connectivity index (χ0v) is 25.1. The third-order valence-corrected chi connectivity index (χ3v) is 9.70. The first-order valence-corrected chi connectivity index (χ1v) is 15.9. The number of rotatable bonds is 3. The van der Waals surface area contributed by atoms with Gasteiger partial charge in [0.15, 0.2) is 0 Å². The van der Waals surface area contributed by atoms with E-state index < -0.39 is 0 Å². The van der Waals surface area contributed by atoms with Gasteiger partial charge in [-0.15, -0.1) is 0 Å². The van der Waals surface area contributed by atoms with Crippen LogP contribution >= 0.6 is 0 Å². The minimum absolute atomic E-state index is 1.16. The molecule has 2 heterocycles. The summed E-state index contributed by atoms with van der Waals surface area (Å²) in [4.78, 5) is 0. The van der Waals surface area contributed by atoms with Gasteiger partial charge in [-0.25, -0.2) is 0 Å². The number of fused-ring (bicyclic) bond motifs is 9. The molecule has 0 saturated carbocycles. The summed E-state index contributed by atoms with van der Waals surface area (Å²) in [6.45, 7) is 0. The number of benzene rings is 8. The molecule has 8 aromatic carbocycles. The number of hydrogen-bond donors (Lipinski definition) is 0. The molecule has 2 aromatic heterocycles. The van der Waals surface area contributed by atoms with Crippen LogP contribution in [0.2, 0.25) is 0 Å². The summed E-state index contributed by atoms with van der Waals surface area (Å²) >= 11 is 0. The first-order chi connectivity index (χ1) is 22.8. The number of aromatic nitrogens is 2. The maximum absolute atomic E-state index is 2.40. The average Bonchev–Trinajstić information content (AvgIpc) is 3.64. The molecule has 0 bridgehead atoms. The molecule has 0 atom stereocenters. The molecule has 0 N–H and O–H groups in total. The molecule has 0 saturated heterocycles. The van der Waals surface area contributed by atoms with E-state index in [1.165, 1.54) is 82.0 Å². The minimum atomic E-state index is 1.16. The summed E-state index contributed by atoms with van der Waals surface area (Å²) in [6, 6.07) is 62.0. The van der Waals surface area contributed by atoms with Gasteiger partial charge in [0.25, 0.3) is 0 Å². The highest BCUT2D eigenvalue weighted by Gasteiger charge is 2.16. The highest BCUT2D eigenvalue weighted by Crippen LogP contribution is 2.37. The lowest BCUT2D eigenvalue weighted by Crippen LogP contribution is -1.95. The number of hydrogen-bond acceptors (Lipinski definition) is 0. The average molecular weight is 585 g/mol. The van der Waals surface area contributed by atoms with Crippen molar-refractivity contribution in [2.75, 3.05) is 0 Å². The van der Waals surface area contributed by atoms with Crippen LogP contribution in [-0.2, 0) is 0 Å². The summed E-state index contributed by atoms with van der Waals surface area (Å²) in [6.07, 6.45) is 0. The third kappa shape index (κ3) is 3.65. The molecule has 0 aliphatic heterocycles. The SMILES string of the molecule is c1ccc2c(c1)ccc1cc(-c3ccc(-n4c5ccccc5c5cc(-n6c7ccccc7c7ccccc76)ccc54)cc3)ccc12. The van der Waals surface area contributed by atoms with E-state index in [4.69, 9.17) is 0 Å². The van der Waals surface area contributed by atoms with E-state index in [0.717, 1.165) is 5.69 Å². The Balaban J connectivity index is 1.11. The standard InChI is InChI=1S/C44H28N2/c1-2-10-35-30(9-1)17-18-32-27-31(21-25-36(32)35)29-19-22-33(23-20-29)45-43-16-8-5-13-39(43)40-28-34(24-26-44(40)45)46-41-14-6-3-11-37(41)38-12-4-7-15-42(38)46/h1-28H. The summed E-state index contributed by atoms with van der Waals surface area (Å²) in [5, 5.41) is 10.2. The predicted octanol–water partition coefficient (Wildman–Crippen LogP) is 11.9. The van der Waals surface area contributed by atoms with Gasteiger partial charge in [-0.3, -0.25) is 0 Å². The van der Waals surface area contributed by atoms with Crippen molar-refractivity contribution in [3.05, 3.63) is 170 Å². The van der Waals surface area contributed by atoms with E-state index in [2.05, 4.69) is 179 Å². The topological polar surface area (TPSA) is 9.86 Å². The van der Waals surface area contributed by atoms with Gasteiger partial charge in [0.1, 0.15) is 0 Å². The molecule has 0 fully saturated rings. The van der Waals surface area contributed by atoms with Gasteiger partial charge in [0.05, 0.1) is 22.1 Å². The molecule has 10 rings (SSSR count). The van der Waals surface area contributed by atoms with Crippen molar-refractivity contribution in [1.29, 1.82) is 0 Å². The van der Waals surface area contributed by atoms with Gasteiger partial charge in [-0.1, -0.05) is 115 Å². The van der Waals surface area contributed by atoms with Crippen molar-refractivity contribution in [2.24, 2.45) is 0 Å². The van der Waals surface area contributed by atoms with Crippen molar-refractivity contribution in [3.63, 3.8) is 0 Å². The lowest BCUT2D eigenvalue weighted by Gasteiger charge is -2.11. The van der Waals surface area contributed by atoms with E-state index in [9.17, 15) is 0 Å². The molecule has 0 aliphatic rings. The second-order valence-corrected chi connectivity index (χ2v) is 12.2.